The molecule has 126 valence electrons. The van der Waals surface area contributed by atoms with Gasteiger partial charge in [-0.05, 0) is 30.2 Å². The fourth-order valence-electron chi connectivity index (χ4n) is 2.44. The highest BCUT2D eigenvalue weighted by atomic mass is 32.2. The zero-order valence-corrected chi connectivity index (χ0v) is 14.3. The Balaban J connectivity index is 1.72. The molecule has 1 aromatic heterocycles. The molecule has 2 aromatic carbocycles. The van der Waals surface area contributed by atoms with Crippen molar-refractivity contribution in [2.75, 3.05) is 0 Å². The number of benzene rings is 2. The number of aromatic nitrogens is 1. The molecule has 7 heteroatoms. The Morgan fingerprint density at radius 3 is 2.46 bits per heavy atom. The van der Waals surface area contributed by atoms with Gasteiger partial charge in [-0.3, -0.25) is 4.57 Å². The number of nitrogens with one attached hydrogen (secondary N) is 1. The van der Waals surface area contributed by atoms with Gasteiger partial charge < -0.3 is 4.42 Å². The molecule has 0 bridgehead atoms. The van der Waals surface area contributed by atoms with E-state index in [1.165, 1.54) is 4.57 Å². The molecule has 0 saturated heterocycles. The number of sulfonamides is 1. The van der Waals surface area contributed by atoms with Gasteiger partial charge in [0, 0.05) is 13.6 Å². The van der Waals surface area contributed by atoms with Crippen molar-refractivity contribution in [1.82, 2.24) is 9.29 Å². The summed E-state index contributed by atoms with van der Waals surface area (Å²) in [7, 11) is -1.83. The van der Waals surface area contributed by atoms with Gasteiger partial charge in [0.2, 0.25) is 10.0 Å². The van der Waals surface area contributed by atoms with Gasteiger partial charge in [0.1, 0.15) is 0 Å². The Kier molecular flexibility index (Phi) is 4.29. The fraction of sp³-hybridized carbons (Fsp3) is 0.235. The second kappa shape index (κ2) is 6.26. The van der Waals surface area contributed by atoms with E-state index in [9.17, 15) is 13.2 Å². The second-order valence-corrected chi connectivity index (χ2v) is 7.60. The average molecular weight is 346 g/mol. The molecule has 3 rings (SSSR count). The average Bonchev–Trinajstić information content (AvgIpc) is 2.82. The van der Waals surface area contributed by atoms with Gasteiger partial charge in [-0.1, -0.05) is 35.9 Å². The fourth-order valence-corrected chi connectivity index (χ4v) is 3.56. The van der Waals surface area contributed by atoms with Crippen LogP contribution in [0.4, 0.5) is 0 Å². The largest absolute Gasteiger partial charge is 0.419 e. The number of rotatable bonds is 5. The van der Waals surface area contributed by atoms with E-state index >= 15 is 0 Å². The number of nitrogens with zero attached hydrogens (tertiary/aromatic N) is 1. The maximum Gasteiger partial charge on any atom is 0.419 e. The van der Waals surface area contributed by atoms with Gasteiger partial charge in [0.25, 0.3) is 0 Å². The first-order chi connectivity index (χ1) is 11.3. The van der Waals surface area contributed by atoms with Crippen LogP contribution in [0.1, 0.15) is 16.7 Å². The van der Waals surface area contributed by atoms with Gasteiger partial charge in [0.15, 0.2) is 5.58 Å². The van der Waals surface area contributed by atoms with Crippen LogP contribution in [0.3, 0.4) is 0 Å². The maximum absolute atomic E-state index is 12.2. The van der Waals surface area contributed by atoms with Gasteiger partial charge in [-0.15, -0.1) is 0 Å². The molecule has 0 atom stereocenters. The van der Waals surface area contributed by atoms with Crippen molar-refractivity contribution < 1.29 is 12.8 Å². The quantitative estimate of drug-likeness (QED) is 0.767. The van der Waals surface area contributed by atoms with Crippen molar-refractivity contribution in [3.05, 3.63) is 69.7 Å². The summed E-state index contributed by atoms with van der Waals surface area (Å²) in [4.78, 5) is 11.5. The summed E-state index contributed by atoms with van der Waals surface area (Å²) in [5, 5.41) is 0. The zero-order chi connectivity index (χ0) is 17.3. The van der Waals surface area contributed by atoms with E-state index in [1.807, 2.05) is 19.1 Å². The Labute approximate surface area is 139 Å². The third-order valence-electron chi connectivity index (χ3n) is 3.83. The molecule has 0 aliphatic rings. The lowest BCUT2D eigenvalue weighted by molar-refractivity contribution is 0.527. The molecule has 0 radical (unpaired) electrons. The van der Waals surface area contributed by atoms with Crippen LogP contribution in [-0.4, -0.2) is 13.0 Å². The Hall–Kier alpha value is -2.38. The molecule has 1 N–H and O–H groups in total. The van der Waals surface area contributed by atoms with Crippen LogP contribution in [0, 0.1) is 6.92 Å². The molecule has 3 aromatic rings. The first-order valence-electron chi connectivity index (χ1n) is 7.45. The molecule has 0 aliphatic heterocycles. The first-order valence-corrected chi connectivity index (χ1v) is 9.11. The molecule has 1 heterocycles. The number of fused-ring (bicyclic) bond motifs is 1. The van der Waals surface area contributed by atoms with E-state index in [0.29, 0.717) is 11.1 Å². The molecular formula is C17H18N2O4S. The van der Waals surface area contributed by atoms with E-state index < -0.39 is 15.8 Å². The summed E-state index contributed by atoms with van der Waals surface area (Å²) >= 11 is 0. The molecule has 0 aliphatic carbocycles. The molecule has 0 fully saturated rings. The van der Waals surface area contributed by atoms with E-state index in [1.54, 1.807) is 37.4 Å². The lowest BCUT2D eigenvalue weighted by Crippen LogP contribution is -2.24. The van der Waals surface area contributed by atoms with Crippen LogP contribution >= 0.6 is 0 Å². The third-order valence-corrected chi connectivity index (χ3v) is 5.13. The molecule has 0 spiro atoms. The molecular weight excluding hydrogens is 328 g/mol. The lowest BCUT2D eigenvalue weighted by atomic mass is 10.2. The van der Waals surface area contributed by atoms with Crippen LogP contribution in [0.2, 0.25) is 0 Å². The van der Waals surface area contributed by atoms with Crippen LogP contribution in [-0.2, 0) is 29.4 Å². The predicted octanol–water partition coefficient (Wildman–Crippen LogP) is 2.06. The Bertz CT molecular complexity index is 1030. The van der Waals surface area contributed by atoms with Gasteiger partial charge in [0.05, 0.1) is 11.3 Å². The van der Waals surface area contributed by atoms with Crippen molar-refractivity contribution in [2.24, 2.45) is 7.05 Å². The maximum atomic E-state index is 12.2. The van der Waals surface area contributed by atoms with E-state index in [0.717, 1.165) is 16.7 Å². The minimum Gasteiger partial charge on any atom is -0.408 e. The zero-order valence-electron chi connectivity index (χ0n) is 13.4. The molecule has 0 saturated carbocycles. The van der Waals surface area contributed by atoms with Crippen molar-refractivity contribution in [3.8, 4) is 0 Å². The first kappa shape index (κ1) is 16.5. The second-order valence-electron chi connectivity index (χ2n) is 5.79. The van der Waals surface area contributed by atoms with Crippen LogP contribution in [0.5, 0.6) is 0 Å². The summed E-state index contributed by atoms with van der Waals surface area (Å²) in [6.45, 7) is 2.09. The number of oxazole rings is 1. The van der Waals surface area contributed by atoms with Crippen molar-refractivity contribution in [2.45, 2.75) is 19.2 Å². The predicted molar refractivity (Wildman–Crippen MR) is 92.1 cm³/mol. The highest BCUT2D eigenvalue weighted by Crippen LogP contribution is 2.15. The molecule has 0 unspecified atom stereocenters. The normalized spacial score (nSPS) is 11.9. The number of hydrogen-bond acceptors (Lipinski definition) is 4. The van der Waals surface area contributed by atoms with Crippen molar-refractivity contribution in [3.63, 3.8) is 0 Å². The monoisotopic (exact) mass is 346 g/mol. The van der Waals surface area contributed by atoms with Gasteiger partial charge >= 0.3 is 5.76 Å². The van der Waals surface area contributed by atoms with Crippen molar-refractivity contribution >= 4 is 21.1 Å². The third kappa shape index (κ3) is 3.58. The standard InChI is InChI=1S/C17H18N2O4S/c1-12-3-5-13(6-4-12)11-24(21,22)18-10-14-7-8-15-16(9-14)23-17(20)19(15)2/h3-9,18H,10-11H2,1-2H3. The summed E-state index contributed by atoms with van der Waals surface area (Å²) < 4.78 is 33.5. The summed E-state index contributed by atoms with van der Waals surface area (Å²) in [6, 6.07) is 12.6. The number of aryl methyl sites for hydroxylation is 2. The Morgan fingerprint density at radius 1 is 1.08 bits per heavy atom. The lowest BCUT2D eigenvalue weighted by Gasteiger charge is -2.07. The van der Waals surface area contributed by atoms with Gasteiger partial charge in [-0.25, -0.2) is 17.9 Å². The highest BCUT2D eigenvalue weighted by molar-refractivity contribution is 7.88. The Morgan fingerprint density at radius 2 is 1.75 bits per heavy atom. The smallest absolute Gasteiger partial charge is 0.408 e. The minimum atomic E-state index is -3.45. The summed E-state index contributed by atoms with van der Waals surface area (Å²) in [6.07, 6.45) is 0. The van der Waals surface area contributed by atoms with Crippen LogP contribution in [0.15, 0.2) is 51.7 Å². The van der Waals surface area contributed by atoms with Crippen LogP contribution < -0.4 is 10.5 Å². The highest BCUT2D eigenvalue weighted by Gasteiger charge is 2.12. The molecule has 6 nitrogen and oxygen atoms in total. The van der Waals surface area contributed by atoms with E-state index in [4.69, 9.17) is 4.42 Å². The SMILES string of the molecule is Cc1ccc(CS(=O)(=O)NCc2ccc3c(c2)oc(=O)n3C)cc1. The van der Waals surface area contributed by atoms with Crippen molar-refractivity contribution in [1.29, 1.82) is 0 Å². The number of hydrogen-bond donors (Lipinski definition) is 1. The minimum absolute atomic E-state index is 0.0735. The summed E-state index contributed by atoms with van der Waals surface area (Å²) in [5.41, 5.74) is 3.66. The van der Waals surface area contributed by atoms with Crippen LogP contribution in [0.25, 0.3) is 11.1 Å². The van der Waals surface area contributed by atoms with E-state index in [2.05, 4.69) is 4.72 Å². The van der Waals surface area contributed by atoms with Gasteiger partial charge in [-0.2, -0.15) is 0 Å². The van der Waals surface area contributed by atoms with E-state index in [-0.39, 0.29) is 12.3 Å². The molecule has 0 amide bonds. The molecule has 24 heavy (non-hydrogen) atoms. The summed E-state index contributed by atoms with van der Waals surface area (Å²) in [5.74, 6) is -0.516. The topological polar surface area (TPSA) is 81.3 Å².